The van der Waals surface area contributed by atoms with Gasteiger partial charge in [0.15, 0.2) is 11.2 Å². The minimum Gasteiger partial charge on any atom is -0.322 e. The van der Waals surface area contributed by atoms with Crippen LogP contribution in [-0.4, -0.2) is 28.5 Å². The van der Waals surface area contributed by atoms with E-state index in [1.54, 1.807) is 24.7 Å². The van der Waals surface area contributed by atoms with Crippen molar-refractivity contribution >= 4 is 23.3 Å². The van der Waals surface area contributed by atoms with Gasteiger partial charge in [0.2, 0.25) is 0 Å². The SMILES string of the molecule is CCn1cc(C=Cc2nc3c(c(=O)n(CC)c(=O)n3CC)n2C)cn1. The van der Waals surface area contributed by atoms with Gasteiger partial charge in [-0.1, -0.05) is 0 Å². The maximum atomic E-state index is 12.7. The average molecular weight is 342 g/mol. The van der Waals surface area contributed by atoms with Gasteiger partial charge >= 0.3 is 5.69 Å². The van der Waals surface area contributed by atoms with Crippen LogP contribution < -0.4 is 11.2 Å². The zero-order valence-corrected chi connectivity index (χ0v) is 14.9. The van der Waals surface area contributed by atoms with E-state index in [0.29, 0.717) is 30.1 Å². The topological polar surface area (TPSA) is 79.6 Å². The van der Waals surface area contributed by atoms with E-state index in [0.717, 1.165) is 12.1 Å². The minimum atomic E-state index is -0.319. The zero-order chi connectivity index (χ0) is 18.1. The molecule has 25 heavy (non-hydrogen) atoms. The molecular formula is C17H22N6O2. The molecule has 0 spiro atoms. The van der Waals surface area contributed by atoms with Gasteiger partial charge in [-0.05, 0) is 32.9 Å². The number of hydrogen-bond acceptors (Lipinski definition) is 4. The van der Waals surface area contributed by atoms with Crippen molar-refractivity contribution in [3.05, 3.63) is 44.6 Å². The fourth-order valence-electron chi connectivity index (χ4n) is 2.90. The van der Waals surface area contributed by atoms with E-state index in [1.807, 2.05) is 36.9 Å². The van der Waals surface area contributed by atoms with Gasteiger partial charge in [0, 0.05) is 38.4 Å². The molecule has 0 N–H and O–H groups in total. The van der Waals surface area contributed by atoms with Gasteiger partial charge in [0.1, 0.15) is 5.82 Å². The van der Waals surface area contributed by atoms with Crippen LogP contribution in [0.5, 0.6) is 0 Å². The zero-order valence-electron chi connectivity index (χ0n) is 14.9. The average Bonchev–Trinajstić information content (AvgIpc) is 3.18. The van der Waals surface area contributed by atoms with Gasteiger partial charge in [-0.2, -0.15) is 5.10 Å². The molecule has 3 aromatic rings. The van der Waals surface area contributed by atoms with Crippen LogP contribution >= 0.6 is 0 Å². The summed E-state index contributed by atoms with van der Waals surface area (Å²) in [5, 5.41) is 4.23. The van der Waals surface area contributed by atoms with Crippen LogP contribution in [0.4, 0.5) is 0 Å². The molecule has 0 atom stereocenters. The highest BCUT2D eigenvalue weighted by molar-refractivity contribution is 5.76. The fraction of sp³-hybridized carbons (Fsp3) is 0.412. The largest absolute Gasteiger partial charge is 0.332 e. The molecule has 0 saturated heterocycles. The maximum absolute atomic E-state index is 12.7. The second kappa shape index (κ2) is 6.54. The molecule has 8 nitrogen and oxygen atoms in total. The molecule has 3 aromatic heterocycles. The van der Waals surface area contributed by atoms with Gasteiger partial charge in [0.05, 0.1) is 6.20 Å². The van der Waals surface area contributed by atoms with E-state index in [1.165, 1.54) is 9.13 Å². The lowest BCUT2D eigenvalue weighted by molar-refractivity contribution is 0.604. The van der Waals surface area contributed by atoms with E-state index in [9.17, 15) is 9.59 Å². The first kappa shape index (κ1) is 16.9. The number of aryl methyl sites for hydroxylation is 3. The van der Waals surface area contributed by atoms with Crippen LogP contribution in [0, 0.1) is 0 Å². The number of rotatable bonds is 5. The Morgan fingerprint density at radius 1 is 1.04 bits per heavy atom. The highest BCUT2D eigenvalue weighted by atomic mass is 16.2. The smallest absolute Gasteiger partial charge is 0.322 e. The Bertz CT molecular complexity index is 1060. The molecule has 0 bridgehead atoms. The molecule has 3 heterocycles. The van der Waals surface area contributed by atoms with Gasteiger partial charge in [-0.3, -0.25) is 18.6 Å². The second-order valence-electron chi connectivity index (χ2n) is 5.74. The van der Waals surface area contributed by atoms with E-state index in [-0.39, 0.29) is 11.2 Å². The van der Waals surface area contributed by atoms with Crippen LogP contribution in [0.3, 0.4) is 0 Å². The molecular weight excluding hydrogens is 320 g/mol. The van der Waals surface area contributed by atoms with Gasteiger partial charge in [-0.25, -0.2) is 9.78 Å². The van der Waals surface area contributed by atoms with E-state index in [4.69, 9.17) is 0 Å². The molecule has 0 radical (unpaired) electrons. The summed E-state index contributed by atoms with van der Waals surface area (Å²) in [6, 6.07) is 0. The lowest BCUT2D eigenvalue weighted by Crippen LogP contribution is -2.39. The lowest BCUT2D eigenvalue weighted by atomic mass is 10.3. The Labute approximate surface area is 144 Å². The van der Waals surface area contributed by atoms with Crippen LogP contribution in [0.2, 0.25) is 0 Å². The van der Waals surface area contributed by atoms with Crippen LogP contribution in [0.15, 0.2) is 22.0 Å². The predicted molar refractivity (Wildman–Crippen MR) is 97.4 cm³/mol. The Balaban J connectivity index is 2.18. The Hall–Kier alpha value is -2.90. The first-order chi connectivity index (χ1) is 12.0. The Kier molecular flexibility index (Phi) is 4.43. The van der Waals surface area contributed by atoms with Crippen molar-refractivity contribution in [2.24, 2.45) is 7.05 Å². The van der Waals surface area contributed by atoms with Crippen molar-refractivity contribution in [2.45, 2.75) is 40.4 Å². The third kappa shape index (κ3) is 2.73. The third-order valence-corrected chi connectivity index (χ3v) is 4.31. The molecule has 132 valence electrons. The fourth-order valence-corrected chi connectivity index (χ4v) is 2.90. The van der Waals surface area contributed by atoms with Gasteiger partial charge < -0.3 is 4.57 Å². The van der Waals surface area contributed by atoms with Crippen LogP contribution in [-0.2, 0) is 26.7 Å². The lowest BCUT2D eigenvalue weighted by Gasteiger charge is -2.08. The molecule has 3 rings (SSSR count). The monoisotopic (exact) mass is 342 g/mol. The summed E-state index contributed by atoms with van der Waals surface area (Å²) in [4.78, 5) is 29.6. The Morgan fingerprint density at radius 2 is 1.76 bits per heavy atom. The van der Waals surface area contributed by atoms with Gasteiger partial charge in [-0.15, -0.1) is 0 Å². The Morgan fingerprint density at radius 3 is 2.36 bits per heavy atom. The molecule has 0 saturated carbocycles. The number of nitrogens with zero attached hydrogens (tertiary/aromatic N) is 6. The first-order valence-corrected chi connectivity index (χ1v) is 8.42. The molecule has 8 heteroatoms. The van der Waals surface area contributed by atoms with Gasteiger partial charge in [0.25, 0.3) is 5.56 Å². The number of fused-ring (bicyclic) bond motifs is 1. The molecule has 0 unspecified atom stereocenters. The maximum Gasteiger partial charge on any atom is 0.332 e. The van der Waals surface area contributed by atoms with E-state index >= 15 is 0 Å². The van der Waals surface area contributed by atoms with Crippen molar-refractivity contribution in [3.63, 3.8) is 0 Å². The number of aromatic nitrogens is 6. The summed E-state index contributed by atoms with van der Waals surface area (Å²) in [5.74, 6) is 0.617. The number of hydrogen-bond donors (Lipinski definition) is 0. The third-order valence-electron chi connectivity index (χ3n) is 4.31. The van der Waals surface area contributed by atoms with E-state index in [2.05, 4.69) is 10.1 Å². The molecule has 0 aliphatic rings. The molecule has 0 aliphatic heterocycles. The number of imidazole rings is 1. The van der Waals surface area contributed by atoms with Crippen LogP contribution in [0.25, 0.3) is 23.3 Å². The summed E-state index contributed by atoms with van der Waals surface area (Å²) < 4.78 is 6.35. The summed E-state index contributed by atoms with van der Waals surface area (Å²) in [5.41, 5.74) is 1.19. The summed E-state index contributed by atoms with van der Waals surface area (Å²) >= 11 is 0. The standard InChI is InChI=1S/C17H22N6O2/c1-5-21-11-12(10-18-21)8-9-13-19-15-14(20(13)4)16(24)23(7-3)17(25)22(15)6-2/h8-11H,5-7H2,1-4H3. The molecule has 0 aromatic carbocycles. The normalized spacial score (nSPS) is 11.8. The van der Waals surface area contributed by atoms with Crippen molar-refractivity contribution in [1.82, 2.24) is 28.5 Å². The quantitative estimate of drug-likeness (QED) is 0.700. The predicted octanol–water partition coefficient (Wildman–Crippen LogP) is 1.32. The summed E-state index contributed by atoms with van der Waals surface area (Å²) in [6.07, 6.45) is 7.43. The van der Waals surface area contributed by atoms with E-state index < -0.39 is 0 Å². The van der Waals surface area contributed by atoms with Crippen molar-refractivity contribution < 1.29 is 0 Å². The van der Waals surface area contributed by atoms with Crippen molar-refractivity contribution in [1.29, 1.82) is 0 Å². The second-order valence-corrected chi connectivity index (χ2v) is 5.74. The highest BCUT2D eigenvalue weighted by Gasteiger charge is 2.17. The minimum absolute atomic E-state index is 0.305. The van der Waals surface area contributed by atoms with Crippen LogP contribution in [0.1, 0.15) is 32.2 Å². The summed E-state index contributed by atoms with van der Waals surface area (Å²) in [7, 11) is 1.79. The molecule has 0 fully saturated rings. The molecule has 0 aliphatic carbocycles. The first-order valence-electron chi connectivity index (χ1n) is 8.42. The van der Waals surface area contributed by atoms with Crippen molar-refractivity contribution in [3.8, 4) is 0 Å². The highest BCUT2D eigenvalue weighted by Crippen LogP contribution is 2.13. The molecule has 0 amide bonds. The summed E-state index contributed by atoms with van der Waals surface area (Å²) in [6.45, 7) is 7.28. The van der Waals surface area contributed by atoms with Crippen molar-refractivity contribution in [2.75, 3.05) is 0 Å².